The molecule has 0 saturated carbocycles. The Labute approximate surface area is 111 Å². The SMILES string of the molecule is CNCc1cnn(Cc2ccc(Cl)c(F)c2)c1C. The van der Waals surface area contributed by atoms with Crippen LogP contribution in [0, 0.1) is 12.7 Å². The zero-order valence-electron chi connectivity index (χ0n) is 10.4. The van der Waals surface area contributed by atoms with Gasteiger partial charge in [0.15, 0.2) is 0 Å². The number of hydrogen-bond donors (Lipinski definition) is 1. The molecule has 0 saturated heterocycles. The lowest BCUT2D eigenvalue weighted by molar-refractivity contribution is 0.616. The quantitative estimate of drug-likeness (QED) is 0.923. The van der Waals surface area contributed by atoms with E-state index in [1.807, 2.05) is 30.9 Å². The van der Waals surface area contributed by atoms with Gasteiger partial charge in [-0.2, -0.15) is 5.10 Å². The maximum absolute atomic E-state index is 13.3. The summed E-state index contributed by atoms with van der Waals surface area (Å²) >= 11 is 5.65. The largest absolute Gasteiger partial charge is 0.316 e. The summed E-state index contributed by atoms with van der Waals surface area (Å²) < 4.78 is 15.2. The molecule has 96 valence electrons. The van der Waals surface area contributed by atoms with Gasteiger partial charge in [0.2, 0.25) is 0 Å². The molecule has 0 radical (unpaired) electrons. The number of nitrogens with zero attached hydrogens (tertiary/aromatic N) is 2. The van der Waals surface area contributed by atoms with E-state index in [9.17, 15) is 4.39 Å². The molecular formula is C13H15ClFN3. The molecule has 0 aliphatic rings. The Balaban J connectivity index is 2.20. The predicted molar refractivity (Wildman–Crippen MR) is 70.2 cm³/mol. The first kappa shape index (κ1) is 13.1. The summed E-state index contributed by atoms with van der Waals surface area (Å²) in [6, 6.07) is 4.82. The van der Waals surface area contributed by atoms with Gasteiger partial charge in [0.05, 0.1) is 17.8 Å². The zero-order valence-corrected chi connectivity index (χ0v) is 11.1. The number of hydrogen-bond acceptors (Lipinski definition) is 2. The van der Waals surface area contributed by atoms with Crippen LogP contribution in [0.5, 0.6) is 0 Å². The molecule has 1 heterocycles. The first-order chi connectivity index (χ1) is 8.61. The van der Waals surface area contributed by atoms with E-state index in [1.54, 1.807) is 6.07 Å². The second-order valence-corrected chi connectivity index (χ2v) is 4.60. The van der Waals surface area contributed by atoms with Crippen molar-refractivity contribution in [2.24, 2.45) is 0 Å². The van der Waals surface area contributed by atoms with E-state index in [1.165, 1.54) is 6.07 Å². The van der Waals surface area contributed by atoms with Crippen molar-refractivity contribution in [2.45, 2.75) is 20.0 Å². The molecule has 2 rings (SSSR count). The van der Waals surface area contributed by atoms with Crippen molar-refractivity contribution >= 4 is 11.6 Å². The van der Waals surface area contributed by atoms with Gasteiger partial charge in [-0.3, -0.25) is 4.68 Å². The fraction of sp³-hybridized carbons (Fsp3) is 0.308. The van der Waals surface area contributed by atoms with Crippen molar-refractivity contribution in [2.75, 3.05) is 7.05 Å². The van der Waals surface area contributed by atoms with E-state index in [0.717, 1.165) is 23.4 Å². The second-order valence-electron chi connectivity index (χ2n) is 4.19. The molecule has 0 amide bonds. The summed E-state index contributed by atoms with van der Waals surface area (Å²) in [6.07, 6.45) is 1.83. The third-order valence-corrected chi connectivity index (χ3v) is 3.19. The third kappa shape index (κ3) is 2.71. The first-order valence-corrected chi connectivity index (χ1v) is 6.09. The highest BCUT2D eigenvalue weighted by Gasteiger charge is 2.07. The Morgan fingerprint density at radius 1 is 1.44 bits per heavy atom. The number of aromatic nitrogens is 2. The molecule has 0 fully saturated rings. The molecular weight excluding hydrogens is 253 g/mol. The summed E-state index contributed by atoms with van der Waals surface area (Å²) in [5.74, 6) is -0.394. The van der Waals surface area contributed by atoms with E-state index in [4.69, 9.17) is 11.6 Å². The van der Waals surface area contributed by atoms with E-state index in [2.05, 4.69) is 10.4 Å². The average molecular weight is 268 g/mol. The topological polar surface area (TPSA) is 29.9 Å². The maximum Gasteiger partial charge on any atom is 0.142 e. The molecule has 3 nitrogen and oxygen atoms in total. The van der Waals surface area contributed by atoms with E-state index >= 15 is 0 Å². The van der Waals surface area contributed by atoms with E-state index < -0.39 is 5.82 Å². The average Bonchev–Trinajstić information content (AvgIpc) is 2.67. The highest BCUT2D eigenvalue weighted by atomic mass is 35.5. The lowest BCUT2D eigenvalue weighted by Crippen LogP contribution is -2.08. The van der Waals surface area contributed by atoms with Crippen molar-refractivity contribution < 1.29 is 4.39 Å². The van der Waals surface area contributed by atoms with Crippen LogP contribution in [0.25, 0.3) is 0 Å². The molecule has 18 heavy (non-hydrogen) atoms. The van der Waals surface area contributed by atoms with Crippen LogP contribution in [-0.4, -0.2) is 16.8 Å². The van der Waals surface area contributed by atoms with Gasteiger partial charge in [-0.15, -0.1) is 0 Å². The van der Waals surface area contributed by atoms with Gasteiger partial charge in [0, 0.05) is 17.8 Å². The van der Waals surface area contributed by atoms with Crippen molar-refractivity contribution in [3.05, 3.63) is 52.1 Å². The monoisotopic (exact) mass is 267 g/mol. The molecule has 0 spiro atoms. The van der Waals surface area contributed by atoms with Gasteiger partial charge in [0.1, 0.15) is 5.82 Å². The van der Waals surface area contributed by atoms with E-state index in [0.29, 0.717) is 6.54 Å². The Kier molecular flexibility index (Phi) is 3.99. The van der Waals surface area contributed by atoms with Crippen LogP contribution >= 0.6 is 11.6 Å². The highest BCUT2D eigenvalue weighted by Crippen LogP contribution is 2.17. The Morgan fingerprint density at radius 2 is 2.22 bits per heavy atom. The Bertz CT molecular complexity index is 551. The summed E-state index contributed by atoms with van der Waals surface area (Å²) in [6.45, 7) is 3.33. The molecule has 2 aromatic rings. The second kappa shape index (κ2) is 5.50. The van der Waals surface area contributed by atoms with E-state index in [-0.39, 0.29) is 5.02 Å². The lowest BCUT2D eigenvalue weighted by Gasteiger charge is -2.06. The molecule has 0 aliphatic carbocycles. The summed E-state index contributed by atoms with van der Waals surface area (Å²) in [4.78, 5) is 0. The van der Waals surface area contributed by atoms with Crippen LogP contribution in [0.2, 0.25) is 5.02 Å². The van der Waals surface area contributed by atoms with Gasteiger partial charge in [-0.25, -0.2) is 4.39 Å². The standard InChI is InChI=1S/C13H15ClFN3/c1-9-11(6-16-2)7-17-18(9)8-10-3-4-12(14)13(15)5-10/h3-5,7,16H,6,8H2,1-2H3. The van der Waals surface area contributed by atoms with Crippen LogP contribution in [-0.2, 0) is 13.1 Å². The van der Waals surface area contributed by atoms with Crippen LogP contribution in [0.1, 0.15) is 16.8 Å². The number of nitrogens with one attached hydrogen (secondary N) is 1. The fourth-order valence-corrected chi connectivity index (χ4v) is 1.94. The van der Waals surface area contributed by atoms with Crippen molar-refractivity contribution in [3.8, 4) is 0 Å². The Hall–Kier alpha value is -1.39. The fourth-order valence-electron chi connectivity index (χ4n) is 1.82. The molecule has 0 bridgehead atoms. The molecule has 1 aromatic carbocycles. The van der Waals surface area contributed by atoms with Gasteiger partial charge in [0.25, 0.3) is 0 Å². The van der Waals surface area contributed by atoms with Gasteiger partial charge >= 0.3 is 0 Å². The summed E-state index contributed by atoms with van der Waals surface area (Å²) in [7, 11) is 1.89. The predicted octanol–water partition coefficient (Wildman–Crippen LogP) is 2.75. The maximum atomic E-state index is 13.3. The van der Waals surface area contributed by atoms with Crippen LogP contribution in [0.3, 0.4) is 0 Å². The summed E-state index contributed by atoms with van der Waals surface area (Å²) in [5.41, 5.74) is 3.07. The minimum atomic E-state index is -0.394. The first-order valence-electron chi connectivity index (χ1n) is 5.71. The van der Waals surface area contributed by atoms with Crippen LogP contribution in [0.4, 0.5) is 4.39 Å². The van der Waals surface area contributed by atoms with Gasteiger partial charge < -0.3 is 5.32 Å². The minimum Gasteiger partial charge on any atom is -0.316 e. The van der Waals surface area contributed by atoms with Crippen molar-refractivity contribution in [3.63, 3.8) is 0 Å². The molecule has 0 atom stereocenters. The van der Waals surface area contributed by atoms with Gasteiger partial charge in [-0.05, 0) is 31.7 Å². The number of rotatable bonds is 4. The molecule has 0 unspecified atom stereocenters. The lowest BCUT2D eigenvalue weighted by atomic mass is 10.2. The number of benzene rings is 1. The van der Waals surface area contributed by atoms with Crippen LogP contribution < -0.4 is 5.32 Å². The molecule has 1 N–H and O–H groups in total. The van der Waals surface area contributed by atoms with Crippen molar-refractivity contribution in [1.29, 1.82) is 0 Å². The highest BCUT2D eigenvalue weighted by molar-refractivity contribution is 6.30. The van der Waals surface area contributed by atoms with Crippen LogP contribution in [0.15, 0.2) is 24.4 Å². The normalized spacial score (nSPS) is 10.9. The molecule has 5 heteroatoms. The Morgan fingerprint density at radius 3 is 2.89 bits per heavy atom. The minimum absolute atomic E-state index is 0.145. The number of halogens is 2. The molecule has 0 aliphatic heterocycles. The smallest absolute Gasteiger partial charge is 0.142 e. The third-order valence-electron chi connectivity index (χ3n) is 2.89. The zero-order chi connectivity index (χ0) is 13.1. The summed E-state index contributed by atoms with van der Waals surface area (Å²) in [5, 5.41) is 7.54. The van der Waals surface area contributed by atoms with Crippen molar-refractivity contribution in [1.82, 2.24) is 15.1 Å². The molecule has 1 aromatic heterocycles. The van der Waals surface area contributed by atoms with Gasteiger partial charge in [-0.1, -0.05) is 17.7 Å².